The zero-order valence-electron chi connectivity index (χ0n) is 15.8. The van der Waals surface area contributed by atoms with Gasteiger partial charge in [-0.15, -0.1) is 11.8 Å². The highest BCUT2D eigenvalue weighted by molar-refractivity contribution is 8.02. The Balaban J connectivity index is 2.03. The average Bonchev–Trinajstić information content (AvgIpc) is 3.03. The summed E-state index contributed by atoms with van der Waals surface area (Å²) in [5.74, 6) is -5.01. The summed E-state index contributed by atoms with van der Waals surface area (Å²) in [6.45, 7) is 0.956. The van der Waals surface area contributed by atoms with E-state index in [2.05, 4.69) is 10.3 Å². The van der Waals surface area contributed by atoms with Gasteiger partial charge in [0.1, 0.15) is 4.75 Å². The Hall–Kier alpha value is -2.56. The van der Waals surface area contributed by atoms with Gasteiger partial charge in [-0.2, -0.15) is 17.6 Å². The van der Waals surface area contributed by atoms with Crippen molar-refractivity contribution in [2.75, 3.05) is 12.4 Å². The summed E-state index contributed by atoms with van der Waals surface area (Å²) in [6.07, 6.45) is -3.92. The Labute approximate surface area is 172 Å². The number of ether oxygens (including phenoxy) is 1. The maximum absolute atomic E-state index is 14.2. The van der Waals surface area contributed by atoms with Gasteiger partial charge in [0.05, 0.1) is 12.4 Å². The number of alkyl halides is 3. The van der Waals surface area contributed by atoms with Crippen LogP contribution in [0.5, 0.6) is 5.75 Å². The number of carbonyl (C=O) groups excluding carboxylic acids is 1. The van der Waals surface area contributed by atoms with Crippen LogP contribution >= 0.6 is 11.8 Å². The van der Waals surface area contributed by atoms with Crippen molar-refractivity contribution >= 4 is 23.4 Å². The van der Waals surface area contributed by atoms with Crippen molar-refractivity contribution in [1.29, 1.82) is 0 Å². The maximum atomic E-state index is 14.2. The molecular formula is C19H17F5N2O3S. The smallest absolute Gasteiger partial charge is 0.403 e. The lowest BCUT2D eigenvalue weighted by molar-refractivity contribution is -0.155. The predicted molar refractivity (Wildman–Crippen MR) is 102 cm³/mol. The average molecular weight is 448 g/mol. The minimum absolute atomic E-state index is 0.0390. The van der Waals surface area contributed by atoms with Gasteiger partial charge in [-0.3, -0.25) is 9.59 Å². The highest BCUT2D eigenvalue weighted by Gasteiger charge is 2.60. The zero-order valence-corrected chi connectivity index (χ0v) is 16.6. The quantitative estimate of drug-likeness (QED) is 0.688. The van der Waals surface area contributed by atoms with Gasteiger partial charge in [-0.05, 0) is 25.5 Å². The topological polar surface area (TPSA) is 71.2 Å². The first-order chi connectivity index (χ1) is 14.0. The summed E-state index contributed by atoms with van der Waals surface area (Å²) < 4.78 is 71.5. The standard InChI is InChI=1S/C19H17F5N2O3S/c1-18(19(22,23)24)8-11(10-3-4-12(20)14(21)15(10)29-2)16(30-18)17(28)26-9-5-6-25-13(27)7-9/h3-7,11,16H,8H2,1-2H3,(H2,25,26,27,28). The molecule has 1 fully saturated rings. The monoisotopic (exact) mass is 448 g/mol. The van der Waals surface area contributed by atoms with E-state index in [0.717, 1.165) is 32.2 Å². The molecule has 3 unspecified atom stereocenters. The summed E-state index contributed by atoms with van der Waals surface area (Å²) in [7, 11) is 1.07. The van der Waals surface area contributed by atoms with E-state index in [1.807, 2.05) is 0 Å². The number of hydrogen-bond acceptors (Lipinski definition) is 4. The number of hydrogen-bond donors (Lipinski definition) is 2. The fourth-order valence-electron chi connectivity index (χ4n) is 3.41. The van der Waals surface area contributed by atoms with Crippen LogP contribution in [0.25, 0.3) is 0 Å². The van der Waals surface area contributed by atoms with Crippen molar-refractivity contribution in [3.05, 3.63) is 58.0 Å². The lowest BCUT2D eigenvalue weighted by Gasteiger charge is -2.26. The van der Waals surface area contributed by atoms with E-state index < -0.39 is 57.4 Å². The number of halogens is 5. The van der Waals surface area contributed by atoms with Crippen LogP contribution in [0.1, 0.15) is 24.8 Å². The van der Waals surface area contributed by atoms with Crippen molar-refractivity contribution in [2.45, 2.75) is 35.4 Å². The largest absolute Gasteiger partial charge is 0.493 e. The first kappa shape index (κ1) is 22.1. The second-order valence-electron chi connectivity index (χ2n) is 6.99. The zero-order chi connectivity index (χ0) is 22.3. The third kappa shape index (κ3) is 4.03. The summed E-state index contributed by atoms with van der Waals surface area (Å²) in [5.41, 5.74) is -0.449. The molecule has 0 bridgehead atoms. The van der Waals surface area contributed by atoms with Crippen molar-refractivity contribution in [3.63, 3.8) is 0 Å². The first-order valence-corrected chi connectivity index (χ1v) is 9.61. The van der Waals surface area contributed by atoms with Gasteiger partial charge in [-0.25, -0.2) is 4.39 Å². The molecule has 5 nitrogen and oxygen atoms in total. The second kappa shape index (κ2) is 7.93. The lowest BCUT2D eigenvalue weighted by atomic mass is 9.85. The van der Waals surface area contributed by atoms with Gasteiger partial charge >= 0.3 is 6.18 Å². The molecule has 1 aromatic heterocycles. The molecule has 162 valence electrons. The SMILES string of the molecule is COc1c(C2CC(C)(C(F)(F)F)SC2C(=O)Nc2cc[nH]c(=O)c2)ccc(F)c1F. The molecule has 2 N–H and O–H groups in total. The molecule has 1 aliphatic heterocycles. The fraction of sp³-hybridized carbons (Fsp3) is 0.368. The van der Waals surface area contributed by atoms with Gasteiger partial charge in [0.25, 0.3) is 0 Å². The number of benzene rings is 1. The number of aromatic nitrogens is 1. The van der Waals surface area contributed by atoms with E-state index in [9.17, 15) is 31.5 Å². The number of amides is 1. The number of aromatic amines is 1. The van der Waals surface area contributed by atoms with Crippen LogP contribution in [-0.2, 0) is 4.79 Å². The van der Waals surface area contributed by atoms with E-state index in [0.29, 0.717) is 11.8 Å². The molecule has 1 amide bonds. The fourth-order valence-corrected chi connectivity index (χ4v) is 4.95. The van der Waals surface area contributed by atoms with Crippen LogP contribution in [0.4, 0.5) is 27.6 Å². The molecule has 0 radical (unpaired) electrons. The molecule has 1 aromatic carbocycles. The summed E-state index contributed by atoms with van der Waals surface area (Å²) in [4.78, 5) is 26.6. The Morgan fingerprint density at radius 2 is 2.00 bits per heavy atom. The number of rotatable bonds is 4. The highest BCUT2D eigenvalue weighted by atomic mass is 32.2. The van der Waals surface area contributed by atoms with E-state index in [1.54, 1.807) is 0 Å². The molecule has 1 saturated heterocycles. The minimum atomic E-state index is -4.65. The molecule has 3 atom stereocenters. The normalized spacial score (nSPS) is 24.0. The number of H-pyrrole nitrogens is 1. The van der Waals surface area contributed by atoms with Crippen LogP contribution in [0.3, 0.4) is 0 Å². The van der Waals surface area contributed by atoms with Crippen LogP contribution in [0, 0.1) is 11.6 Å². The Morgan fingerprint density at radius 3 is 2.60 bits per heavy atom. The van der Waals surface area contributed by atoms with Gasteiger partial charge in [-0.1, -0.05) is 6.07 Å². The van der Waals surface area contributed by atoms with Crippen molar-refractivity contribution < 1.29 is 31.5 Å². The van der Waals surface area contributed by atoms with Crippen LogP contribution in [-0.4, -0.2) is 34.2 Å². The van der Waals surface area contributed by atoms with E-state index in [-0.39, 0.29) is 11.3 Å². The van der Waals surface area contributed by atoms with Crippen molar-refractivity contribution in [1.82, 2.24) is 4.98 Å². The van der Waals surface area contributed by atoms with Gasteiger partial charge < -0.3 is 15.0 Å². The van der Waals surface area contributed by atoms with Crippen LogP contribution < -0.4 is 15.6 Å². The molecule has 2 heterocycles. The van der Waals surface area contributed by atoms with Crippen LogP contribution in [0.15, 0.2) is 35.3 Å². The third-order valence-electron chi connectivity index (χ3n) is 4.95. The van der Waals surface area contributed by atoms with Gasteiger partial charge in [0, 0.05) is 29.4 Å². The molecule has 11 heteroatoms. The van der Waals surface area contributed by atoms with Crippen molar-refractivity contribution in [2.24, 2.45) is 0 Å². The molecule has 30 heavy (non-hydrogen) atoms. The number of carbonyl (C=O) groups is 1. The van der Waals surface area contributed by atoms with Crippen molar-refractivity contribution in [3.8, 4) is 5.75 Å². The first-order valence-electron chi connectivity index (χ1n) is 8.73. The van der Waals surface area contributed by atoms with E-state index in [1.165, 1.54) is 12.3 Å². The minimum Gasteiger partial charge on any atom is -0.493 e. The van der Waals surface area contributed by atoms with Gasteiger partial charge in [0.15, 0.2) is 11.6 Å². The summed E-state index contributed by atoms with van der Waals surface area (Å²) in [6, 6.07) is 4.35. The summed E-state index contributed by atoms with van der Waals surface area (Å²) in [5, 5.41) is 1.12. The Morgan fingerprint density at radius 1 is 1.30 bits per heavy atom. The lowest BCUT2D eigenvalue weighted by Crippen LogP contribution is -2.37. The Bertz CT molecular complexity index is 1030. The number of anilines is 1. The Kier molecular flexibility index (Phi) is 5.85. The third-order valence-corrected chi connectivity index (χ3v) is 6.66. The number of thioether (sulfide) groups is 1. The number of pyridine rings is 1. The number of methoxy groups -OCH3 is 1. The molecule has 0 spiro atoms. The van der Waals surface area contributed by atoms with E-state index >= 15 is 0 Å². The van der Waals surface area contributed by atoms with E-state index in [4.69, 9.17) is 4.74 Å². The molecule has 3 rings (SSSR count). The highest BCUT2D eigenvalue weighted by Crippen LogP contribution is 2.59. The second-order valence-corrected chi connectivity index (χ2v) is 8.64. The van der Waals surface area contributed by atoms with Gasteiger partial charge in [0.2, 0.25) is 17.3 Å². The number of nitrogens with one attached hydrogen (secondary N) is 2. The predicted octanol–water partition coefficient (Wildman–Crippen LogP) is 4.21. The molecule has 1 aliphatic rings. The maximum Gasteiger partial charge on any atom is 0.403 e. The van der Waals surface area contributed by atoms with Crippen LogP contribution in [0.2, 0.25) is 0 Å². The molecule has 0 saturated carbocycles. The molecule has 0 aliphatic carbocycles. The molecule has 2 aromatic rings. The molecular weight excluding hydrogens is 431 g/mol. The summed E-state index contributed by atoms with van der Waals surface area (Å²) >= 11 is 0.389.